The van der Waals surface area contributed by atoms with E-state index in [9.17, 15) is 9.59 Å². The van der Waals surface area contributed by atoms with Gasteiger partial charge in [-0.05, 0) is 68.6 Å². The lowest BCUT2D eigenvalue weighted by atomic mass is 9.94. The number of hydrogen-bond acceptors (Lipinski definition) is 3. The molecule has 0 unspecified atom stereocenters. The first-order chi connectivity index (χ1) is 14.3. The minimum Gasteiger partial charge on any atom is -0.344 e. The van der Waals surface area contributed by atoms with E-state index in [-0.39, 0.29) is 16.9 Å². The molecule has 3 aromatic rings. The van der Waals surface area contributed by atoms with Crippen LogP contribution in [0.15, 0.2) is 42.5 Å². The maximum atomic E-state index is 12.4. The number of aryl methyl sites for hydroxylation is 4. The van der Waals surface area contributed by atoms with Crippen molar-refractivity contribution < 1.29 is 9.59 Å². The van der Waals surface area contributed by atoms with Crippen LogP contribution in [-0.4, -0.2) is 21.5 Å². The Bertz CT molecular complexity index is 1160. The van der Waals surface area contributed by atoms with E-state index in [1.165, 1.54) is 16.7 Å². The molecule has 2 amide bonds. The fourth-order valence-electron chi connectivity index (χ4n) is 4.34. The van der Waals surface area contributed by atoms with Gasteiger partial charge in [0.2, 0.25) is 11.8 Å². The van der Waals surface area contributed by atoms with Gasteiger partial charge < -0.3 is 15.2 Å². The van der Waals surface area contributed by atoms with Crippen LogP contribution in [-0.2, 0) is 29.0 Å². The second-order valence-electron chi connectivity index (χ2n) is 7.98. The summed E-state index contributed by atoms with van der Waals surface area (Å²) in [5.74, 6) is -1.46. The summed E-state index contributed by atoms with van der Waals surface area (Å²) in [5.41, 5.74) is 7.16. The first-order valence-electron chi connectivity index (χ1n) is 10.1. The largest absolute Gasteiger partial charge is 0.344 e. The van der Waals surface area contributed by atoms with Crippen LogP contribution < -0.4 is 10.6 Å². The molecular weight excluding hydrogens is 394 g/mol. The van der Waals surface area contributed by atoms with Crippen LogP contribution >= 0.6 is 12.2 Å². The summed E-state index contributed by atoms with van der Waals surface area (Å²) >= 11 is 4.92. The molecule has 2 heterocycles. The van der Waals surface area contributed by atoms with Gasteiger partial charge in [-0.1, -0.05) is 42.0 Å². The minimum absolute atomic E-state index is 0.0777. The van der Waals surface area contributed by atoms with Gasteiger partial charge in [-0.15, -0.1) is 0 Å². The molecule has 2 aromatic carbocycles. The highest BCUT2D eigenvalue weighted by Crippen LogP contribution is 2.29. The molecular formula is C24H25N3O2S. The van der Waals surface area contributed by atoms with Crippen molar-refractivity contribution in [2.24, 2.45) is 5.92 Å². The predicted octanol–water partition coefficient (Wildman–Crippen LogP) is 3.50. The lowest BCUT2D eigenvalue weighted by Gasteiger charge is -2.22. The van der Waals surface area contributed by atoms with Gasteiger partial charge in [0.25, 0.3) is 0 Å². The third-order valence-corrected chi connectivity index (χ3v) is 6.18. The van der Waals surface area contributed by atoms with Gasteiger partial charge in [0.1, 0.15) is 5.92 Å². The molecule has 5 nitrogen and oxygen atoms in total. The maximum absolute atomic E-state index is 12.4. The van der Waals surface area contributed by atoms with Gasteiger partial charge >= 0.3 is 0 Å². The Morgan fingerprint density at radius 1 is 1.00 bits per heavy atom. The molecule has 1 fully saturated rings. The Labute approximate surface area is 181 Å². The highest BCUT2D eigenvalue weighted by atomic mass is 32.1. The Kier molecular flexibility index (Phi) is 5.43. The van der Waals surface area contributed by atoms with Crippen LogP contribution in [0, 0.1) is 26.7 Å². The average molecular weight is 420 g/mol. The van der Waals surface area contributed by atoms with Gasteiger partial charge in [-0.2, -0.15) is 0 Å². The number of amides is 2. The fraction of sp³-hybridized carbons (Fsp3) is 0.292. The van der Waals surface area contributed by atoms with E-state index in [4.69, 9.17) is 12.2 Å². The number of hydrogen-bond donors (Lipinski definition) is 2. The highest BCUT2D eigenvalue weighted by molar-refractivity contribution is 7.80. The molecule has 0 saturated carbocycles. The summed E-state index contributed by atoms with van der Waals surface area (Å²) in [6.45, 7) is 7.17. The van der Waals surface area contributed by atoms with Gasteiger partial charge in [0, 0.05) is 23.1 Å². The first-order valence-corrected chi connectivity index (χ1v) is 10.5. The Balaban J connectivity index is 1.67. The van der Waals surface area contributed by atoms with E-state index in [0.29, 0.717) is 6.42 Å². The summed E-state index contributed by atoms with van der Waals surface area (Å²) < 4.78 is 2.30. The SMILES string of the molecule is Cc1ccc(CCn2c(C)c(CC3C(=O)NC(=S)NC3=O)c3ccccc32)c(C)c1. The molecule has 0 atom stereocenters. The highest BCUT2D eigenvalue weighted by Gasteiger charge is 2.34. The van der Waals surface area contributed by atoms with Gasteiger partial charge in [0.15, 0.2) is 5.11 Å². The second-order valence-corrected chi connectivity index (χ2v) is 8.39. The van der Waals surface area contributed by atoms with Crippen LogP contribution in [0.1, 0.15) is 27.9 Å². The standard InChI is InChI=1S/C24H25N3O2S/c1-14-8-9-17(15(2)12-14)10-11-27-16(3)19(18-6-4-5-7-21(18)27)13-20-22(28)25-24(30)26-23(20)29/h4-9,12,20H,10-11,13H2,1-3H3,(H2,25,26,28,29,30). The zero-order chi connectivity index (χ0) is 21.4. The fourth-order valence-corrected chi connectivity index (χ4v) is 4.55. The van der Waals surface area contributed by atoms with Crippen LogP contribution in [0.3, 0.4) is 0 Å². The molecule has 1 aliphatic rings. The van der Waals surface area contributed by atoms with Crippen LogP contribution in [0.25, 0.3) is 10.9 Å². The van der Waals surface area contributed by atoms with Crippen molar-refractivity contribution in [1.29, 1.82) is 0 Å². The molecule has 4 rings (SSSR count). The van der Waals surface area contributed by atoms with Crippen molar-refractivity contribution in [3.63, 3.8) is 0 Å². The molecule has 0 radical (unpaired) electrons. The molecule has 0 aliphatic carbocycles. The van der Waals surface area contributed by atoms with Crippen molar-refractivity contribution in [1.82, 2.24) is 15.2 Å². The molecule has 0 spiro atoms. The zero-order valence-corrected chi connectivity index (χ0v) is 18.2. The molecule has 30 heavy (non-hydrogen) atoms. The maximum Gasteiger partial charge on any atom is 0.239 e. The van der Waals surface area contributed by atoms with E-state index >= 15 is 0 Å². The number of nitrogens with one attached hydrogen (secondary N) is 2. The first kappa shape index (κ1) is 20.3. The molecule has 0 bridgehead atoms. The van der Waals surface area contributed by atoms with E-state index in [0.717, 1.165) is 35.1 Å². The van der Waals surface area contributed by atoms with Crippen LogP contribution in [0.5, 0.6) is 0 Å². The molecule has 2 N–H and O–H groups in total. The number of rotatable bonds is 5. The van der Waals surface area contributed by atoms with E-state index in [2.05, 4.69) is 66.3 Å². The summed E-state index contributed by atoms with van der Waals surface area (Å²) in [6.07, 6.45) is 1.27. The normalized spacial score (nSPS) is 14.8. The van der Waals surface area contributed by atoms with Crippen molar-refractivity contribution in [3.05, 3.63) is 70.4 Å². The van der Waals surface area contributed by atoms with Crippen LogP contribution in [0.2, 0.25) is 0 Å². The quantitative estimate of drug-likeness (QED) is 0.492. The van der Waals surface area contributed by atoms with Crippen molar-refractivity contribution in [2.75, 3.05) is 0 Å². The Hall–Kier alpha value is -2.99. The van der Waals surface area contributed by atoms with Crippen LogP contribution in [0.4, 0.5) is 0 Å². The molecule has 6 heteroatoms. The molecule has 154 valence electrons. The smallest absolute Gasteiger partial charge is 0.239 e. The minimum atomic E-state index is -0.783. The van der Waals surface area contributed by atoms with Gasteiger partial charge in [0.05, 0.1) is 0 Å². The summed E-state index contributed by atoms with van der Waals surface area (Å²) in [4.78, 5) is 24.8. The second kappa shape index (κ2) is 8.03. The topological polar surface area (TPSA) is 63.1 Å². The van der Waals surface area contributed by atoms with E-state index in [1.807, 2.05) is 12.1 Å². The summed E-state index contributed by atoms with van der Waals surface area (Å²) in [5, 5.41) is 6.30. The Morgan fingerprint density at radius 2 is 1.70 bits per heavy atom. The van der Waals surface area contributed by atoms with Crippen molar-refractivity contribution in [3.8, 4) is 0 Å². The summed E-state index contributed by atoms with van der Waals surface area (Å²) in [7, 11) is 0. The van der Waals surface area contributed by atoms with Gasteiger partial charge in [-0.3, -0.25) is 9.59 Å². The molecule has 1 saturated heterocycles. The molecule has 1 aliphatic heterocycles. The van der Waals surface area contributed by atoms with Crippen molar-refractivity contribution in [2.45, 2.75) is 40.2 Å². The lowest BCUT2D eigenvalue weighted by Crippen LogP contribution is -2.56. The number of carbonyl (C=O) groups excluding carboxylic acids is 2. The average Bonchev–Trinajstić information content (AvgIpc) is 2.95. The number of thiocarbonyl (C=S) groups is 1. The molecule has 1 aromatic heterocycles. The zero-order valence-electron chi connectivity index (χ0n) is 17.4. The third kappa shape index (κ3) is 3.75. The number of aromatic nitrogens is 1. The van der Waals surface area contributed by atoms with Gasteiger partial charge in [-0.25, -0.2) is 0 Å². The predicted molar refractivity (Wildman–Crippen MR) is 122 cm³/mol. The third-order valence-electron chi connectivity index (χ3n) is 5.98. The number of nitrogens with zero attached hydrogens (tertiary/aromatic N) is 1. The van der Waals surface area contributed by atoms with E-state index in [1.54, 1.807) is 0 Å². The Morgan fingerprint density at radius 3 is 2.40 bits per heavy atom. The van der Waals surface area contributed by atoms with E-state index < -0.39 is 5.92 Å². The monoisotopic (exact) mass is 419 g/mol. The lowest BCUT2D eigenvalue weighted by molar-refractivity contribution is -0.135. The number of carbonyl (C=O) groups is 2. The van der Waals surface area contributed by atoms with Crippen molar-refractivity contribution >= 4 is 40.0 Å². The number of benzene rings is 2. The summed E-state index contributed by atoms with van der Waals surface area (Å²) in [6, 6.07) is 14.8. The number of para-hydroxylation sites is 1. The number of fused-ring (bicyclic) bond motifs is 1.